The van der Waals surface area contributed by atoms with Gasteiger partial charge in [-0.25, -0.2) is 9.97 Å². The van der Waals surface area contributed by atoms with Crippen LogP contribution < -0.4 is 5.32 Å². The zero-order valence-corrected chi connectivity index (χ0v) is 13.0. The van der Waals surface area contributed by atoms with E-state index in [0.29, 0.717) is 12.4 Å². The van der Waals surface area contributed by atoms with E-state index in [0.717, 1.165) is 22.6 Å². The van der Waals surface area contributed by atoms with Gasteiger partial charge in [0.25, 0.3) is 0 Å². The van der Waals surface area contributed by atoms with Crippen LogP contribution in [0.1, 0.15) is 22.6 Å². The first-order chi connectivity index (χ1) is 11.2. The van der Waals surface area contributed by atoms with Gasteiger partial charge in [-0.15, -0.1) is 0 Å². The van der Waals surface area contributed by atoms with E-state index in [2.05, 4.69) is 26.4 Å². The third-order valence-corrected chi connectivity index (χ3v) is 3.43. The first kappa shape index (κ1) is 14.7. The van der Waals surface area contributed by atoms with Crippen LogP contribution in [0.3, 0.4) is 0 Å². The van der Waals surface area contributed by atoms with Gasteiger partial charge in [-0.05, 0) is 37.6 Å². The summed E-state index contributed by atoms with van der Waals surface area (Å²) in [6.07, 6.45) is 3.06. The maximum absolute atomic E-state index is 9.07. The number of anilines is 2. The van der Waals surface area contributed by atoms with Crippen molar-refractivity contribution in [2.75, 3.05) is 5.32 Å². The van der Waals surface area contributed by atoms with Gasteiger partial charge in [0, 0.05) is 23.8 Å². The van der Waals surface area contributed by atoms with Gasteiger partial charge in [0.15, 0.2) is 11.5 Å². The lowest BCUT2D eigenvalue weighted by molar-refractivity contribution is 0.659. The second-order valence-electron chi connectivity index (χ2n) is 5.28. The third-order valence-electron chi connectivity index (χ3n) is 3.43. The van der Waals surface area contributed by atoms with E-state index in [1.54, 1.807) is 6.20 Å². The fourth-order valence-electron chi connectivity index (χ4n) is 2.40. The number of hydrogen-bond donors (Lipinski definition) is 1. The van der Waals surface area contributed by atoms with Crippen LogP contribution in [0.2, 0.25) is 0 Å². The number of rotatable bonds is 4. The minimum atomic E-state index is 0.274. The Morgan fingerprint density at radius 1 is 1.17 bits per heavy atom. The summed E-state index contributed by atoms with van der Waals surface area (Å²) in [5.74, 6) is 0.457. The highest BCUT2D eigenvalue weighted by Gasteiger charge is 2.06. The molecule has 1 aromatic carbocycles. The monoisotopic (exact) mass is 304 g/mol. The molecule has 0 radical (unpaired) electrons. The number of aryl methyl sites for hydroxylation is 2. The quantitative estimate of drug-likeness (QED) is 0.801. The molecule has 6 nitrogen and oxygen atoms in total. The van der Waals surface area contributed by atoms with E-state index in [-0.39, 0.29) is 5.69 Å². The smallest absolute Gasteiger partial charge is 0.183 e. The van der Waals surface area contributed by atoms with Crippen LogP contribution in [0.15, 0.2) is 42.7 Å². The van der Waals surface area contributed by atoms with Gasteiger partial charge in [0.05, 0.1) is 12.2 Å². The molecule has 0 aliphatic heterocycles. The van der Waals surface area contributed by atoms with E-state index in [9.17, 15) is 0 Å². The molecular weight excluding hydrogens is 288 g/mol. The molecule has 0 saturated heterocycles. The van der Waals surface area contributed by atoms with E-state index in [1.165, 1.54) is 6.20 Å². The topological polar surface area (TPSA) is 79.4 Å². The summed E-state index contributed by atoms with van der Waals surface area (Å²) < 4.78 is 1.97. The molecule has 3 rings (SSSR count). The normalized spacial score (nSPS) is 10.3. The molecule has 0 spiro atoms. The van der Waals surface area contributed by atoms with E-state index in [4.69, 9.17) is 5.26 Å². The molecule has 0 aliphatic carbocycles. The molecule has 0 amide bonds. The van der Waals surface area contributed by atoms with Gasteiger partial charge in [0.1, 0.15) is 6.07 Å². The third kappa shape index (κ3) is 3.35. The van der Waals surface area contributed by atoms with Crippen LogP contribution in [-0.2, 0) is 6.54 Å². The highest BCUT2D eigenvalue weighted by molar-refractivity contribution is 5.61. The number of hydrogen-bond acceptors (Lipinski definition) is 5. The number of aromatic nitrogens is 4. The zero-order chi connectivity index (χ0) is 16.2. The predicted molar refractivity (Wildman–Crippen MR) is 87.3 cm³/mol. The van der Waals surface area contributed by atoms with Crippen molar-refractivity contribution in [2.45, 2.75) is 20.4 Å². The average molecular weight is 304 g/mol. The molecule has 23 heavy (non-hydrogen) atoms. The Balaban J connectivity index is 1.83. The molecule has 0 atom stereocenters. The average Bonchev–Trinajstić information content (AvgIpc) is 2.86. The number of benzene rings is 1. The number of nitrogens with zero attached hydrogens (tertiary/aromatic N) is 5. The summed E-state index contributed by atoms with van der Waals surface area (Å²) in [6, 6.07) is 12.0. The van der Waals surface area contributed by atoms with Gasteiger partial charge < -0.3 is 5.32 Å². The van der Waals surface area contributed by atoms with Gasteiger partial charge in [-0.1, -0.05) is 12.1 Å². The number of nitriles is 1. The summed E-state index contributed by atoms with van der Waals surface area (Å²) >= 11 is 0. The molecule has 1 N–H and O–H groups in total. The minimum absolute atomic E-state index is 0.274. The van der Waals surface area contributed by atoms with Crippen molar-refractivity contribution >= 4 is 11.5 Å². The van der Waals surface area contributed by atoms with Crippen LogP contribution in [0.4, 0.5) is 11.5 Å². The molecule has 0 unspecified atom stereocenters. The molecule has 3 aromatic rings. The maximum atomic E-state index is 9.07. The molecule has 2 aromatic heterocycles. The lowest BCUT2D eigenvalue weighted by Crippen LogP contribution is -2.04. The first-order valence-corrected chi connectivity index (χ1v) is 7.24. The summed E-state index contributed by atoms with van der Waals surface area (Å²) in [5, 5.41) is 16.7. The minimum Gasteiger partial charge on any atom is -0.338 e. The summed E-state index contributed by atoms with van der Waals surface area (Å²) in [7, 11) is 0. The van der Waals surface area contributed by atoms with E-state index < -0.39 is 0 Å². The van der Waals surface area contributed by atoms with Crippen molar-refractivity contribution in [2.24, 2.45) is 0 Å². The van der Waals surface area contributed by atoms with Crippen LogP contribution in [-0.4, -0.2) is 19.7 Å². The second-order valence-corrected chi connectivity index (χ2v) is 5.28. The lowest BCUT2D eigenvalue weighted by atomic mass is 10.2. The summed E-state index contributed by atoms with van der Waals surface area (Å²) in [4.78, 5) is 8.16. The van der Waals surface area contributed by atoms with Crippen molar-refractivity contribution in [3.8, 4) is 6.07 Å². The Bertz CT molecular complexity index is 875. The van der Waals surface area contributed by atoms with Gasteiger partial charge in [0.2, 0.25) is 0 Å². The van der Waals surface area contributed by atoms with Crippen LogP contribution in [0.5, 0.6) is 0 Å². The molecule has 0 aliphatic rings. The van der Waals surface area contributed by atoms with Crippen molar-refractivity contribution in [3.63, 3.8) is 0 Å². The molecule has 0 fully saturated rings. The standard InChI is InChI=1S/C17H16N6/c1-12-8-13(2)23(22-12)11-14-4-3-5-15(9-14)21-17-16(10-18)19-6-7-20-17/h3-9H,11H2,1-2H3,(H,20,21). The lowest BCUT2D eigenvalue weighted by Gasteiger charge is -2.09. The molecular formula is C17H16N6. The fourth-order valence-corrected chi connectivity index (χ4v) is 2.40. The second kappa shape index (κ2) is 6.28. The van der Waals surface area contributed by atoms with E-state index in [1.807, 2.05) is 48.9 Å². The fraction of sp³-hybridized carbons (Fsp3) is 0.176. The van der Waals surface area contributed by atoms with Crippen molar-refractivity contribution < 1.29 is 0 Å². The van der Waals surface area contributed by atoms with Crippen LogP contribution in [0.25, 0.3) is 0 Å². The predicted octanol–water partition coefficient (Wildman–Crippen LogP) is 2.95. The summed E-state index contributed by atoms with van der Waals surface area (Å²) in [5.41, 5.74) is 4.39. The van der Waals surface area contributed by atoms with Crippen molar-refractivity contribution in [1.82, 2.24) is 19.7 Å². The van der Waals surface area contributed by atoms with Gasteiger partial charge >= 0.3 is 0 Å². The van der Waals surface area contributed by atoms with E-state index >= 15 is 0 Å². The Kier molecular flexibility index (Phi) is 4.02. The molecule has 0 saturated carbocycles. The SMILES string of the molecule is Cc1cc(C)n(Cc2cccc(Nc3nccnc3C#N)c2)n1. The largest absolute Gasteiger partial charge is 0.338 e. The summed E-state index contributed by atoms with van der Waals surface area (Å²) in [6.45, 7) is 4.72. The molecule has 114 valence electrons. The Hall–Kier alpha value is -3.20. The molecule has 2 heterocycles. The highest BCUT2D eigenvalue weighted by atomic mass is 15.3. The van der Waals surface area contributed by atoms with Crippen molar-refractivity contribution in [3.05, 3.63) is 65.4 Å². The Morgan fingerprint density at radius 2 is 2.00 bits per heavy atom. The molecule has 6 heteroatoms. The van der Waals surface area contributed by atoms with Crippen LogP contribution in [0, 0.1) is 25.2 Å². The Morgan fingerprint density at radius 3 is 2.74 bits per heavy atom. The van der Waals surface area contributed by atoms with Gasteiger partial charge in [-0.2, -0.15) is 10.4 Å². The molecule has 0 bridgehead atoms. The zero-order valence-electron chi connectivity index (χ0n) is 13.0. The van der Waals surface area contributed by atoms with Crippen LogP contribution >= 0.6 is 0 Å². The van der Waals surface area contributed by atoms with Gasteiger partial charge in [-0.3, -0.25) is 4.68 Å². The highest BCUT2D eigenvalue weighted by Crippen LogP contribution is 2.18. The Labute approximate surface area is 134 Å². The number of nitrogens with one attached hydrogen (secondary N) is 1. The van der Waals surface area contributed by atoms with Crippen molar-refractivity contribution in [1.29, 1.82) is 5.26 Å². The maximum Gasteiger partial charge on any atom is 0.183 e. The first-order valence-electron chi connectivity index (χ1n) is 7.24.